The number of likely N-dealkylation sites (tertiary alicyclic amines) is 1. The Morgan fingerprint density at radius 2 is 1.14 bits per heavy atom. The molecule has 1 heterocycles. The fourth-order valence-electron chi connectivity index (χ4n) is 3.38. The first-order valence-electron chi connectivity index (χ1n) is 9.75. The van der Waals surface area contributed by atoms with Gasteiger partial charge in [0.25, 0.3) is 0 Å². The molecule has 1 aliphatic heterocycles. The summed E-state index contributed by atoms with van der Waals surface area (Å²) in [6.07, 6.45) is 18.6. The molecule has 10 radical (unpaired) electrons. The Morgan fingerprint density at radius 3 is 1.46 bits per heavy atom. The van der Waals surface area contributed by atoms with Gasteiger partial charge in [0.15, 0.2) is 0 Å². The van der Waals surface area contributed by atoms with Gasteiger partial charge in [-0.15, -0.1) is 0 Å². The molecule has 0 bridgehead atoms. The molecule has 3 fully saturated rings. The van der Waals surface area contributed by atoms with Crippen LogP contribution in [0.25, 0.3) is 0 Å². The summed E-state index contributed by atoms with van der Waals surface area (Å²) in [5, 5.41) is 0. The van der Waals surface area contributed by atoms with E-state index in [2.05, 4.69) is 96.2 Å². The van der Waals surface area contributed by atoms with Crippen molar-refractivity contribution in [2.45, 2.75) is 52.1 Å². The molecule has 0 N–H and O–H groups in total. The summed E-state index contributed by atoms with van der Waals surface area (Å²) in [6.45, 7) is 17.0. The van der Waals surface area contributed by atoms with Crippen LogP contribution in [0.15, 0.2) is 0 Å². The summed E-state index contributed by atoms with van der Waals surface area (Å²) in [4.78, 5) is 2.42. The smallest absolute Gasteiger partial charge is 1.00 e. The molecule has 28 heavy (non-hydrogen) atoms. The van der Waals surface area contributed by atoms with Gasteiger partial charge in [-0.2, -0.15) is 0 Å². The van der Waals surface area contributed by atoms with Crippen LogP contribution in [0.3, 0.4) is 0 Å². The summed E-state index contributed by atoms with van der Waals surface area (Å²) < 4.78 is 0. The Hall–Kier alpha value is 1.69. The predicted molar refractivity (Wildman–Crippen MR) is 117 cm³/mol. The maximum absolute atomic E-state index is 2.46. The molecule has 0 aromatic heterocycles. The Morgan fingerprint density at radius 1 is 0.750 bits per heavy atom. The zero-order valence-electron chi connectivity index (χ0n) is 18.7. The third kappa shape index (κ3) is 10.3. The van der Waals surface area contributed by atoms with Crippen LogP contribution >= 0.6 is 0 Å². The number of nitrogens with zero attached hydrogens (tertiary/aromatic N) is 1. The molecule has 0 amide bonds. The maximum atomic E-state index is 2.46. The van der Waals surface area contributed by atoms with E-state index in [9.17, 15) is 0 Å². The minimum atomic E-state index is -1.07. The van der Waals surface area contributed by atoms with Gasteiger partial charge in [-0.1, -0.05) is 39.3 Å². The van der Waals surface area contributed by atoms with Crippen molar-refractivity contribution in [3.8, 4) is 0 Å². The average molecular weight is 490 g/mol. The second-order valence-corrected chi connectivity index (χ2v) is 19.8. The molecule has 0 spiro atoms. The first-order chi connectivity index (χ1) is 11.6. The number of hydrogen-bond acceptors (Lipinski definition) is 1. The van der Waals surface area contributed by atoms with Gasteiger partial charge in [-0.3, -0.25) is 0 Å². The van der Waals surface area contributed by atoms with E-state index in [0.717, 1.165) is 5.92 Å². The van der Waals surface area contributed by atoms with Crippen molar-refractivity contribution >= 4 is 16.1 Å². The van der Waals surface area contributed by atoms with E-state index >= 15 is 0 Å². The van der Waals surface area contributed by atoms with Crippen LogP contribution in [-0.4, -0.2) is 41.2 Å². The molecular weight excluding hydrogens is 453 g/mol. The van der Waals surface area contributed by atoms with E-state index in [-0.39, 0.29) is 46.5 Å². The quantitative estimate of drug-likeness (QED) is 0.471. The molecule has 0 atom stereocenters. The molecule has 1 nitrogen and oxygen atoms in total. The van der Waals surface area contributed by atoms with Gasteiger partial charge < -0.3 is 29.7 Å². The van der Waals surface area contributed by atoms with Gasteiger partial charge >= 0.3 is 21.7 Å². The topological polar surface area (TPSA) is 3.24 Å². The molecule has 1 saturated heterocycles. The Kier molecular flexibility index (Phi) is 15.9. The van der Waals surface area contributed by atoms with Gasteiger partial charge in [0.1, 0.15) is 0 Å². The average Bonchev–Trinajstić information content (AvgIpc) is 3.19. The van der Waals surface area contributed by atoms with Gasteiger partial charge in [0.05, 0.1) is 16.1 Å². The summed E-state index contributed by atoms with van der Waals surface area (Å²) in [5.41, 5.74) is 3.23. The largest absolute Gasteiger partial charge is 4.00 e. The van der Waals surface area contributed by atoms with E-state index in [1.165, 1.54) is 25.9 Å². The molecule has 0 unspecified atom stereocenters. The summed E-state index contributed by atoms with van der Waals surface area (Å²) in [7, 11) is 0.0714. The van der Waals surface area contributed by atoms with Crippen LogP contribution in [0.5, 0.6) is 0 Å². The minimum absolute atomic E-state index is 0. The summed E-state index contributed by atoms with van der Waals surface area (Å²) in [5.74, 6) is 2.37. The Bertz CT molecular complexity index is 378. The molecule has 6 heteroatoms. The number of hydrogen-bond donors (Lipinski definition) is 0. The SMILES string of the molecule is CN1CCC([C]2[CH][CH][CH][CH]2)CC1.C[Si](C)(C)[C]1[CH][CH][C]([Si](C)(C)C)[CH]1.[Cl-].[Cl-].[Ti+4]. The Labute approximate surface area is 206 Å². The standard InChI is InChI=1S/C11H16N.C11H21Si2.2ClH.Ti/c1-12-8-6-11(7-9-12)10-4-2-3-5-10;1-12(2,3)10-7-8-11(9-10)13(4,5)6;;;/h2-5,11H,6-9H2,1H3;7-9H,1-6H3;2*1H;/q;;;;+4/p-2. The van der Waals surface area contributed by atoms with Crippen LogP contribution in [0.4, 0.5) is 0 Å². The molecular formula is C22H37Cl2NSi2Ti+2. The predicted octanol–water partition coefficient (Wildman–Crippen LogP) is -0.744. The van der Waals surface area contributed by atoms with Crippen LogP contribution in [0, 0.1) is 67.9 Å². The molecule has 0 aromatic rings. The monoisotopic (exact) mass is 489 g/mol. The van der Waals surface area contributed by atoms with Crippen LogP contribution in [0.2, 0.25) is 39.3 Å². The van der Waals surface area contributed by atoms with Gasteiger partial charge in [-0.25, -0.2) is 0 Å². The number of piperidine rings is 1. The molecule has 0 aromatic carbocycles. The first kappa shape index (κ1) is 31.9. The zero-order valence-corrected chi connectivity index (χ0v) is 23.7. The fourth-order valence-corrected chi connectivity index (χ4v) is 5.87. The van der Waals surface area contributed by atoms with Crippen LogP contribution < -0.4 is 24.8 Å². The van der Waals surface area contributed by atoms with E-state index in [1.807, 2.05) is 0 Å². The number of halogens is 2. The Balaban J connectivity index is 0. The van der Waals surface area contributed by atoms with Crippen molar-refractivity contribution in [1.82, 2.24) is 4.90 Å². The first-order valence-corrected chi connectivity index (χ1v) is 16.8. The van der Waals surface area contributed by atoms with Crippen molar-refractivity contribution in [2.75, 3.05) is 20.1 Å². The second-order valence-electron chi connectivity index (χ2n) is 9.68. The normalized spacial score (nSPS) is 23.2. The van der Waals surface area contributed by atoms with E-state index in [1.54, 1.807) is 17.0 Å². The molecule has 3 aliphatic rings. The maximum Gasteiger partial charge on any atom is 4.00 e. The van der Waals surface area contributed by atoms with Crippen molar-refractivity contribution in [1.29, 1.82) is 0 Å². The van der Waals surface area contributed by atoms with Crippen molar-refractivity contribution in [3.63, 3.8) is 0 Å². The van der Waals surface area contributed by atoms with Crippen molar-refractivity contribution in [2.24, 2.45) is 5.92 Å². The number of rotatable bonds is 3. The summed E-state index contributed by atoms with van der Waals surface area (Å²) in [6, 6.07) is 0. The van der Waals surface area contributed by atoms with E-state index in [0.29, 0.717) is 0 Å². The van der Waals surface area contributed by atoms with Crippen LogP contribution in [0.1, 0.15) is 12.8 Å². The minimum Gasteiger partial charge on any atom is -1.00 e. The second kappa shape index (κ2) is 14.0. The third-order valence-corrected chi connectivity index (χ3v) is 9.45. The van der Waals surface area contributed by atoms with Crippen LogP contribution in [-0.2, 0) is 21.7 Å². The summed E-state index contributed by atoms with van der Waals surface area (Å²) >= 11 is 0. The van der Waals surface area contributed by atoms with Crippen molar-refractivity contribution in [3.05, 3.63) is 61.9 Å². The van der Waals surface area contributed by atoms with Crippen molar-refractivity contribution < 1.29 is 46.5 Å². The molecule has 2 aliphatic carbocycles. The molecule has 3 rings (SSSR count). The van der Waals surface area contributed by atoms with E-state index in [4.69, 9.17) is 0 Å². The van der Waals surface area contributed by atoms with E-state index < -0.39 is 16.1 Å². The molecule has 154 valence electrons. The van der Waals surface area contributed by atoms with Gasteiger partial charge in [0, 0.05) is 0 Å². The fraction of sp³-hybridized carbons (Fsp3) is 0.545. The third-order valence-electron chi connectivity index (χ3n) is 5.36. The van der Waals surface area contributed by atoms with Gasteiger partial charge in [0.2, 0.25) is 0 Å². The zero-order chi connectivity index (χ0) is 18.7. The molecule has 2 saturated carbocycles. The van der Waals surface area contributed by atoms with Gasteiger partial charge in [-0.05, 0) is 101 Å².